The summed E-state index contributed by atoms with van der Waals surface area (Å²) in [6.07, 6.45) is -0.333. The van der Waals surface area contributed by atoms with Crippen molar-refractivity contribution in [2.24, 2.45) is 11.7 Å². The van der Waals surface area contributed by atoms with Gasteiger partial charge < -0.3 is 11.1 Å². The smallest absolute Gasteiger partial charge is 0.320 e. The zero-order valence-electron chi connectivity index (χ0n) is 20.5. The number of hydrogen-bond donors (Lipinski definition) is 2. The molecule has 198 valence electrons. The van der Waals surface area contributed by atoms with Crippen LogP contribution in [0.1, 0.15) is 91.1 Å². The number of benzene rings is 1. The zero-order valence-corrected chi connectivity index (χ0v) is 20.5. The van der Waals surface area contributed by atoms with Gasteiger partial charge in [0.05, 0.1) is 22.4 Å². The van der Waals surface area contributed by atoms with Crippen molar-refractivity contribution in [2.75, 3.05) is 0 Å². The third-order valence-electron chi connectivity index (χ3n) is 7.40. The Bertz CT molecular complexity index is 1040. The van der Waals surface area contributed by atoms with Crippen molar-refractivity contribution in [2.45, 2.75) is 95.7 Å². The second kappa shape index (κ2) is 10.3. The van der Waals surface area contributed by atoms with E-state index < -0.39 is 29.0 Å². The fourth-order valence-electron chi connectivity index (χ4n) is 5.68. The van der Waals surface area contributed by atoms with Gasteiger partial charge in [-0.15, -0.1) is 0 Å². The van der Waals surface area contributed by atoms with Gasteiger partial charge in [-0.3, -0.25) is 4.98 Å². The van der Waals surface area contributed by atoms with E-state index in [1.54, 1.807) is 0 Å². The lowest BCUT2D eigenvalue weighted by Gasteiger charge is -2.31. The van der Waals surface area contributed by atoms with Crippen molar-refractivity contribution in [1.29, 1.82) is 0 Å². The van der Waals surface area contributed by atoms with Crippen LogP contribution in [-0.2, 0) is 43.8 Å². The summed E-state index contributed by atoms with van der Waals surface area (Å²) in [5.74, 6) is 0.532. The Balaban J connectivity index is 1.58. The SMILES string of the molecule is CC(N)(CC1CCCC1)c1nc2c(cc1CNCc1cc(C(F)(F)F)cc(C(F)(F)F)c1)CCCC2. The van der Waals surface area contributed by atoms with Crippen molar-refractivity contribution in [3.8, 4) is 0 Å². The van der Waals surface area contributed by atoms with Gasteiger partial charge in [0.2, 0.25) is 0 Å². The van der Waals surface area contributed by atoms with Gasteiger partial charge in [-0.1, -0.05) is 31.7 Å². The number of halogens is 6. The molecule has 2 aliphatic carbocycles. The van der Waals surface area contributed by atoms with Gasteiger partial charge >= 0.3 is 12.4 Å². The minimum Gasteiger partial charge on any atom is -0.320 e. The van der Waals surface area contributed by atoms with Crippen LogP contribution >= 0.6 is 0 Å². The highest BCUT2D eigenvalue weighted by Gasteiger charge is 2.37. The molecule has 1 unspecified atom stereocenters. The molecule has 3 nitrogen and oxygen atoms in total. The quantitative estimate of drug-likeness (QED) is 0.391. The molecule has 36 heavy (non-hydrogen) atoms. The van der Waals surface area contributed by atoms with Crippen molar-refractivity contribution in [3.63, 3.8) is 0 Å². The maximum absolute atomic E-state index is 13.2. The Morgan fingerprint density at radius 1 is 0.861 bits per heavy atom. The summed E-state index contributed by atoms with van der Waals surface area (Å²) in [6, 6.07) is 3.76. The first-order chi connectivity index (χ1) is 16.8. The highest BCUT2D eigenvalue weighted by atomic mass is 19.4. The van der Waals surface area contributed by atoms with Gasteiger partial charge in [0.25, 0.3) is 0 Å². The average Bonchev–Trinajstić information content (AvgIpc) is 3.29. The minimum absolute atomic E-state index is 0.0777. The fourth-order valence-corrected chi connectivity index (χ4v) is 5.68. The Labute approximate surface area is 207 Å². The molecule has 1 fully saturated rings. The second-order valence-corrected chi connectivity index (χ2v) is 10.6. The number of aromatic nitrogens is 1. The number of hydrogen-bond acceptors (Lipinski definition) is 3. The number of nitrogens with two attached hydrogens (primary N) is 1. The van der Waals surface area contributed by atoms with Crippen LogP contribution in [0.4, 0.5) is 26.3 Å². The van der Waals surface area contributed by atoms with E-state index in [2.05, 4.69) is 11.4 Å². The topological polar surface area (TPSA) is 50.9 Å². The first-order valence-corrected chi connectivity index (χ1v) is 12.6. The van der Waals surface area contributed by atoms with Crippen LogP contribution in [0.2, 0.25) is 0 Å². The summed E-state index contributed by atoms with van der Waals surface area (Å²) in [5.41, 5.74) is 7.31. The van der Waals surface area contributed by atoms with Gasteiger partial charge in [0.1, 0.15) is 0 Å². The van der Waals surface area contributed by atoms with E-state index in [0.717, 1.165) is 79.6 Å². The average molecular weight is 514 g/mol. The van der Waals surface area contributed by atoms with E-state index >= 15 is 0 Å². The number of pyridine rings is 1. The highest BCUT2D eigenvalue weighted by molar-refractivity contribution is 5.37. The predicted octanol–water partition coefficient (Wildman–Crippen LogP) is 7.04. The molecular weight excluding hydrogens is 480 g/mol. The number of fused-ring (bicyclic) bond motifs is 1. The lowest BCUT2D eigenvalue weighted by molar-refractivity contribution is -0.143. The van der Waals surface area contributed by atoms with E-state index in [1.165, 1.54) is 12.8 Å². The molecule has 4 rings (SSSR count). The maximum atomic E-state index is 13.2. The minimum atomic E-state index is -4.87. The van der Waals surface area contributed by atoms with E-state index in [0.29, 0.717) is 5.92 Å². The third kappa shape index (κ3) is 6.40. The Morgan fingerprint density at radius 2 is 1.47 bits per heavy atom. The van der Waals surface area contributed by atoms with E-state index in [4.69, 9.17) is 10.7 Å². The molecule has 0 radical (unpaired) electrons. The second-order valence-electron chi connectivity index (χ2n) is 10.6. The Morgan fingerprint density at radius 3 is 2.08 bits per heavy atom. The summed E-state index contributed by atoms with van der Waals surface area (Å²) < 4.78 is 79.3. The normalized spacial score (nSPS) is 18.8. The number of nitrogens with one attached hydrogen (secondary N) is 1. The Hall–Kier alpha value is -2.13. The lowest BCUT2D eigenvalue weighted by Crippen LogP contribution is -2.38. The number of alkyl halides is 6. The summed E-state index contributed by atoms with van der Waals surface area (Å²) in [4.78, 5) is 4.98. The van der Waals surface area contributed by atoms with E-state index in [9.17, 15) is 26.3 Å². The number of nitrogens with zero attached hydrogens (tertiary/aromatic N) is 1. The molecule has 1 atom stereocenters. The standard InChI is InChI=1S/C27H33F6N3/c1-25(34,14-17-6-2-3-7-17)24-20(12-19-8-4-5-9-23(19)36-24)16-35-15-18-10-21(26(28,29)30)13-22(11-18)27(31,32)33/h10-13,17,35H,2-9,14-16,34H2,1H3. The van der Waals surface area contributed by atoms with Crippen molar-refractivity contribution < 1.29 is 26.3 Å². The van der Waals surface area contributed by atoms with Crippen LogP contribution in [0.25, 0.3) is 0 Å². The fraction of sp³-hybridized carbons (Fsp3) is 0.593. The van der Waals surface area contributed by atoms with Gasteiger partial charge in [0, 0.05) is 18.8 Å². The lowest BCUT2D eigenvalue weighted by atomic mass is 9.82. The molecule has 3 N–H and O–H groups in total. The van der Waals surface area contributed by atoms with Crippen LogP contribution in [0.5, 0.6) is 0 Å². The summed E-state index contributed by atoms with van der Waals surface area (Å²) >= 11 is 0. The molecule has 1 aromatic carbocycles. The molecule has 0 spiro atoms. The predicted molar refractivity (Wildman–Crippen MR) is 126 cm³/mol. The van der Waals surface area contributed by atoms with E-state index in [-0.39, 0.29) is 24.7 Å². The van der Waals surface area contributed by atoms with Gasteiger partial charge in [-0.2, -0.15) is 26.3 Å². The van der Waals surface area contributed by atoms with Gasteiger partial charge in [-0.25, -0.2) is 0 Å². The molecule has 9 heteroatoms. The summed E-state index contributed by atoms with van der Waals surface area (Å²) in [5, 5.41) is 3.06. The molecule has 0 amide bonds. The van der Waals surface area contributed by atoms with Gasteiger partial charge in [0.15, 0.2) is 0 Å². The van der Waals surface area contributed by atoms with Crippen LogP contribution < -0.4 is 11.1 Å². The zero-order chi connectivity index (χ0) is 26.1. The molecule has 2 aromatic rings. The summed E-state index contributed by atoms with van der Waals surface area (Å²) in [6.45, 7) is 2.09. The molecule has 1 heterocycles. The molecule has 1 saturated carbocycles. The molecule has 0 aliphatic heterocycles. The molecule has 1 aromatic heterocycles. The number of aryl methyl sites for hydroxylation is 2. The Kier molecular flexibility index (Phi) is 7.72. The molecular formula is C27H33F6N3. The largest absolute Gasteiger partial charge is 0.416 e. The summed E-state index contributed by atoms with van der Waals surface area (Å²) in [7, 11) is 0. The molecule has 2 aliphatic rings. The molecule has 0 saturated heterocycles. The van der Waals surface area contributed by atoms with E-state index in [1.807, 2.05) is 6.92 Å². The first kappa shape index (κ1) is 26.9. The highest BCUT2D eigenvalue weighted by Crippen LogP contribution is 2.38. The number of rotatable bonds is 7. The van der Waals surface area contributed by atoms with Crippen LogP contribution in [0.3, 0.4) is 0 Å². The molecule has 0 bridgehead atoms. The van der Waals surface area contributed by atoms with Crippen LogP contribution in [-0.4, -0.2) is 4.98 Å². The van der Waals surface area contributed by atoms with Crippen LogP contribution in [0, 0.1) is 5.92 Å². The van der Waals surface area contributed by atoms with Crippen molar-refractivity contribution in [1.82, 2.24) is 10.3 Å². The maximum Gasteiger partial charge on any atom is 0.416 e. The van der Waals surface area contributed by atoms with Gasteiger partial charge in [-0.05, 0) is 79.8 Å². The third-order valence-corrected chi connectivity index (χ3v) is 7.40. The monoisotopic (exact) mass is 513 g/mol. The van der Waals surface area contributed by atoms with Crippen LogP contribution in [0.15, 0.2) is 24.3 Å². The van der Waals surface area contributed by atoms with Crippen molar-refractivity contribution in [3.05, 3.63) is 63.5 Å². The first-order valence-electron chi connectivity index (χ1n) is 12.6. The van der Waals surface area contributed by atoms with Crippen molar-refractivity contribution >= 4 is 0 Å².